The van der Waals surface area contributed by atoms with Crippen LogP contribution in [0.3, 0.4) is 0 Å². The fourth-order valence-electron chi connectivity index (χ4n) is 2.14. The molecule has 2 N–H and O–H groups in total. The first-order chi connectivity index (χ1) is 12.8. The zero-order chi connectivity index (χ0) is 21.7. The van der Waals surface area contributed by atoms with Gasteiger partial charge in [-0.3, -0.25) is 10.1 Å². The van der Waals surface area contributed by atoms with Crippen molar-refractivity contribution in [3.8, 4) is 0 Å². The Labute approximate surface area is 156 Å². The average molecular weight is 406 g/mol. The van der Waals surface area contributed by atoms with Crippen LogP contribution in [0.25, 0.3) is 6.08 Å². The lowest BCUT2D eigenvalue weighted by Crippen LogP contribution is -2.06. The van der Waals surface area contributed by atoms with Gasteiger partial charge in [0.05, 0.1) is 21.6 Å². The minimum atomic E-state index is -4.58. The summed E-state index contributed by atoms with van der Waals surface area (Å²) in [6, 6.07) is 5.74. The molecule has 0 aromatic heterocycles. The second-order valence-electron chi connectivity index (χ2n) is 5.50. The van der Waals surface area contributed by atoms with Crippen LogP contribution in [0.1, 0.15) is 29.2 Å². The van der Waals surface area contributed by atoms with Crippen LogP contribution in [0.4, 0.5) is 37.7 Å². The van der Waals surface area contributed by atoms with Crippen LogP contribution < -0.4 is 5.73 Å². The third-order valence-electron chi connectivity index (χ3n) is 3.63. The van der Waals surface area contributed by atoms with Gasteiger partial charge in [0.2, 0.25) is 0 Å². The van der Waals surface area contributed by atoms with Crippen LogP contribution >= 0.6 is 0 Å². The van der Waals surface area contributed by atoms with Crippen molar-refractivity contribution < 1.29 is 31.3 Å². The van der Waals surface area contributed by atoms with Crippen LogP contribution in [-0.4, -0.2) is 4.92 Å². The van der Waals surface area contributed by atoms with Crippen molar-refractivity contribution in [2.75, 3.05) is 5.73 Å². The molecular formula is C18H16F6N2O2. The zero-order valence-electron chi connectivity index (χ0n) is 14.6. The molecule has 0 spiro atoms. The Hall–Kier alpha value is -3.04. The van der Waals surface area contributed by atoms with Gasteiger partial charge in [0, 0.05) is 11.8 Å². The summed E-state index contributed by atoms with van der Waals surface area (Å²) in [6.07, 6.45) is -7.10. The van der Waals surface area contributed by atoms with Crippen molar-refractivity contribution >= 4 is 17.5 Å². The van der Waals surface area contributed by atoms with E-state index in [2.05, 4.69) is 6.58 Å². The van der Waals surface area contributed by atoms with Crippen LogP contribution in [0.2, 0.25) is 0 Å². The van der Waals surface area contributed by atoms with E-state index in [1.54, 1.807) is 0 Å². The maximum Gasteiger partial charge on any atom is 0.416 e. The van der Waals surface area contributed by atoms with Gasteiger partial charge in [0.25, 0.3) is 5.69 Å². The molecule has 0 heterocycles. The van der Waals surface area contributed by atoms with Gasteiger partial charge >= 0.3 is 12.4 Å². The number of nitro groups is 1. The Balaban J connectivity index is 0.000000283. The largest absolute Gasteiger partial charge is 0.416 e. The van der Waals surface area contributed by atoms with E-state index in [0.717, 1.165) is 35.9 Å². The number of nitro benzene ring substituents is 1. The number of hydrogen-bond acceptors (Lipinski definition) is 3. The minimum absolute atomic E-state index is 0.0630. The molecular weight excluding hydrogens is 390 g/mol. The lowest BCUT2D eigenvalue weighted by Gasteiger charge is -2.09. The summed E-state index contributed by atoms with van der Waals surface area (Å²) in [7, 11) is 0. The van der Waals surface area contributed by atoms with Gasteiger partial charge in [0.1, 0.15) is 0 Å². The summed E-state index contributed by atoms with van der Waals surface area (Å²) in [5, 5.41) is 10.5. The van der Waals surface area contributed by atoms with Crippen molar-refractivity contribution in [2.45, 2.75) is 25.7 Å². The molecule has 0 fully saturated rings. The number of nitrogens with zero attached hydrogens (tertiary/aromatic N) is 1. The normalized spacial score (nSPS) is 11.4. The highest BCUT2D eigenvalue weighted by Gasteiger charge is 2.32. The molecule has 2 aromatic rings. The van der Waals surface area contributed by atoms with Gasteiger partial charge < -0.3 is 5.73 Å². The standard InChI is InChI=1S/C9H6F3NO2.C9H10F3N/c1-2-6-3-4-7(9(10,11)12)5-8(6)13(14)15;1-2-6-3-4-7(5-8(6)13)9(10,11)12/h2-5H,1H2;3-5H,2,13H2,1H3. The van der Waals surface area contributed by atoms with Gasteiger partial charge in [-0.2, -0.15) is 26.3 Å². The van der Waals surface area contributed by atoms with Gasteiger partial charge in [-0.1, -0.05) is 25.6 Å². The Morgan fingerprint density at radius 3 is 1.93 bits per heavy atom. The Morgan fingerprint density at radius 2 is 1.54 bits per heavy atom. The van der Waals surface area contributed by atoms with Crippen molar-refractivity contribution in [3.05, 3.63) is 75.3 Å². The van der Waals surface area contributed by atoms with Crippen molar-refractivity contribution in [3.63, 3.8) is 0 Å². The number of nitrogens with two attached hydrogens (primary N) is 1. The van der Waals surface area contributed by atoms with Gasteiger partial charge in [-0.05, 0) is 36.2 Å². The fraction of sp³-hybridized carbons (Fsp3) is 0.222. The molecule has 0 aliphatic carbocycles. The number of nitrogen functional groups attached to an aromatic ring is 1. The molecule has 0 aliphatic heterocycles. The highest BCUT2D eigenvalue weighted by atomic mass is 19.4. The molecule has 4 nitrogen and oxygen atoms in total. The summed E-state index contributed by atoms with van der Waals surface area (Å²) < 4.78 is 73.1. The van der Waals surface area contributed by atoms with Gasteiger partial charge in [0.15, 0.2) is 0 Å². The first-order valence-electron chi connectivity index (χ1n) is 7.74. The second kappa shape index (κ2) is 8.77. The predicted octanol–water partition coefficient (Wildman–Crippen LogP) is 6.11. The number of halogens is 6. The molecule has 0 bridgehead atoms. The molecule has 10 heteroatoms. The maximum atomic E-state index is 12.2. The Bertz CT molecular complexity index is 860. The van der Waals surface area contributed by atoms with Gasteiger partial charge in [-0.15, -0.1) is 0 Å². The highest BCUT2D eigenvalue weighted by Crippen LogP contribution is 2.33. The molecule has 152 valence electrons. The molecule has 0 amide bonds. The zero-order valence-corrected chi connectivity index (χ0v) is 14.6. The molecule has 2 aromatic carbocycles. The number of benzene rings is 2. The second-order valence-corrected chi connectivity index (χ2v) is 5.50. The van der Waals surface area contributed by atoms with E-state index in [4.69, 9.17) is 5.73 Å². The number of rotatable bonds is 3. The Kier molecular flexibility index (Phi) is 7.20. The maximum absolute atomic E-state index is 12.2. The van der Waals surface area contributed by atoms with Crippen LogP contribution in [0.5, 0.6) is 0 Å². The van der Waals surface area contributed by atoms with Crippen molar-refractivity contribution in [1.29, 1.82) is 0 Å². The minimum Gasteiger partial charge on any atom is -0.398 e. The number of alkyl halides is 6. The molecule has 0 saturated carbocycles. The molecule has 0 atom stereocenters. The lowest BCUT2D eigenvalue weighted by atomic mass is 10.1. The highest BCUT2D eigenvalue weighted by molar-refractivity contribution is 5.60. The van der Waals surface area contributed by atoms with Crippen LogP contribution in [-0.2, 0) is 18.8 Å². The summed E-state index contributed by atoms with van der Waals surface area (Å²) in [5.41, 5.74) is 4.11. The monoisotopic (exact) mass is 406 g/mol. The van der Waals surface area contributed by atoms with E-state index in [1.807, 2.05) is 6.92 Å². The smallest absolute Gasteiger partial charge is 0.398 e. The summed E-state index contributed by atoms with van der Waals surface area (Å²) >= 11 is 0. The summed E-state index contributed by atoms with van der Waals surface area (Å²) in [5.74, 6) is 0. The van der Waals surface area contributed by atoms with Crippen molar-refractivity contribution in [2.24, 2.45) is 0 Å². The summed E-state index contributed by atoms with van der Waals surface area (Å²) in [6.45, 7) is 5.13. The van der Waals surface area contributed by atoms with Crippen LogP contribution in [0, 0.1) is 10.1 Å². The molecule has 0 aliphatic rings. The Morgan fingerprint density at radius 1 is 1.04 bits per heavy atom. The first kappa shape index (κ1) is 23.0. The van der Waals surface area contributed by atoms with Gasteiger partial charge in [-0.25, -0.2) is 0 Å². The molecule has 0 unspecified atom stereocenters. The third-order valence-corrected chi connectivity index (χ3v) is 3.63. The quantitative estimate of drug-likeness (QED) is 0.290. The number of anilines is 1. The topological polar surface area (TPSA) is 69.2 Å². The third kappa shape index (κ3) is 6.00. The predicted molar refractivity (Wildman–Crippen MR) is 93.4 cm³/mol. The molecule has 2 rings (SSSR count). The fourth-order valence-corrected chi connectivity index (χ4v) is 2.14. The SMILES string of the molecule is C=Cc1ccc(C(F)(F)F)cc1[N+](=O)[O-].CCc1ccc(C(F)(F)F)cc1N. The van der Waals surface area contributed by atoms with E-state index < -0.39 is 34.1 Å². The van der Waals surface area contributed by atoms with Crippen molar-refractivity contribution in [1.82, 2.24) is 0 Å². The molecule has 28 heavy (non-hydrogen) atoms. The number of hydrogen-bond donors (Lipinski definition) is 1. The average Bonchev–Trinajstić information content (AvgIpc) is 2.60. The van der Waals surface area contributed by atoms with E-state index in [-0.39, 0.29) is 11.3 Å². The van der Waals surface area contributed by atoms with E-state index in [1.165, 1.54) is 6.07 Å². The molecule has 0 radical (unpaired) electrons. The first-order valence-corrected chi connectivity index (χ1v) is 7.74. The summed E-state index contributed by atoms with van der Waals surface area (Å²) in [4.78, 5) is 9.58. The van der Waals surface area contributed by atoms with E-state index >= 15 is 0 Å². The van der Waals surface area contributed by atoms with Crippen LogP contribution in [0.15, 0.2) is 43.0 Å². The molecule has 0 saturated heterocycles. The van der Waals surface area contributed by atoms with E-state index in [0.29, 0.717) is 12.5 Å². The van der Waals surface area contributed by atoms with E-state index in [9.17, 15) is 36.5 Å². The lowest BCUT2D eigenvalue weighted by molar-refractivity contribution is -0.385. The number of aryl methyl sites for hydroxylation is 1.